The predicted molar refractivity (Wildman–Crippen MR) is 76.0 cm³/mol. The molecule has 0 bridgehead atoms. The van der Waals surface area contributed by atoms with Crippen molar-refractivity contribution < 1.29 is 14.6 Å². The number of likely N-dealkylation sites (tertiary alicyclic amines) is 1. The van der Waals surface area contributed by atoms with Gasteiger partial charge in [0, 0.05) is 31.5 Å². The van der Waals surface area contributed by atoms with Crippen LogP contribution < -0.4 is 4.74 Å². The van der Waals surface area contributed by atoms with E-state index >= 15 is 0 Å². The highest BCUT2D eigenvalue weighted by Gasteiger charge is 2.36. The Balaban J connectivity index is 1.85. The van der Waals surface area contributed by atoms with Gasteiger partial charge in [0.2, 0.25) is 0 Å². The van der Waals surface area contributed by atoms with Gasteiger partial charge in [0.05, 0.1) is 6.04 Å². The number of hydrogen-bond acceptors (Lipinski definition) is 4. The van der Waals surface area contributed by atoms with Crippen LogP contribution in [0.5, 0.6) is 5.75 Å². The summed E-state index contributed by atoms with van der Waals surface area (Å²) in [6.07, 6.45) is 0.638. The van der Waals surface area contributed by atoms with Crippen molar-refractivity contribution in [2.75, 3.05) is 19.7 Å². The molecule has 2 aliphatic rings. The Morgan fingerprint density at radius 3 is 2.65 bits per heavy atom. The molecular formula is C16H21NO3. The average Bonchev–Trinajstić information content (AvgIpc) is 2.39. The molecule has 1 aromatic carbocycles. The monoisotopic (exact) mass is 275 g/mol. The Morgan fingerprint density at radius 1 is 1.25 bits per heavy atom. The first kappa shape index (κ1) is 13.6. The van der Waals surface area contributed by atoms with Crippen LogP contribution in [0.15, 0.2) is 12.1 Å². The number of rotatable bonds is 1. The summed E-state index contributed by atoms with van der Waals surface area (Å²) in [6.45, 7) is 5.99. The van der Waals surface area contributed by atoms with E-state index in [-0.39, 0.29) is 6.04 Å². The molecule has 4 nitrogen and oxygen atoms in total. The van der Waals surface area contributed by atoms with Crippen molar-refractivity contribution in [3.63, 3.8) is 0 Å². The summed E-state index contributed by atoms with van der Waals surface area (Å²) >= 11 is 0. The second-order valence-corrected chi connectivity index (χ2v) is 5.89. The number of ketones is 1. The summed E-state index contributed by atoms with van der Waals surface area (Å²) in [4.78, 5) is 13.5. The number of carbonyl (C=O) groups is 1. The normalized spacial score (nSPS) is 27.1. The highest BCUT2D eigenvalue weighted by atomic mass is 16.5. The lowest BCUT2D eigenvalue weighted by molar-refractivity contribution is -0.123. The number of piperidine rings is 1. The summed E-state index contributed by atoms with van der Waals surface area (Å²) in [5, 5.41) is 10.7. The summed E-state index contributed by atoms with van der Waals surface area (Å²) in [5.74, 6) is 1.12. The molecule has 0 amide bonds. The fraction of sp³-hybridized carbons (Fsp3) is 0.562. The molecule has 0 radical (unpaired) electrons. The van der Waals surface area contributed by atoms with Gasteiger partial charge in [-0.1, -0.05) is 6.07 Å². The summed E-state index contributed by atoms with van der Waals surface area (Å²) in [6, 6.07) is 4.02. The minimum Gasteiger partial charge on any atom is -0.491 e. The fourth-order valence-electron chi connectivity index (χ4n) is 3.31. The Bertz CT molecular complexity index is 531. The Labute approximate surface area is 119 Å². The van der Waals surface area contributed by atoms with Gasteiger partial charge < -0.3 is 9.84 Å². The number of fused-ring (bicyclic) bond motifs is 1. The van der Waals surface area contributed by atoms with Crippen LogP contribution in [0.1, 0.15) is 35.6 Å². The van der Waals surface area contributed by atoms with Gasteiger partial charge in [-0.3, -0.25) is 9.69 Å². The van der Waals surface area contributed by atoms with E-state index < -0.39 is 6.10 Å². The van der Waals surface area contributed by atoms with Gasteiger partial charge in [-0.15, -0.1) is 0 Å². The van der Waals surface area contributed by atoms with E-state index in [0.717, 1.165) is 35.5 Å². The molecule has 1 saturated heterocycles. The summed E-state index contributed by atoms with van der Waals surface area (Å²) in [7, 11) is 0. The number of hydrogen-bond donors (Lipinski definition) is 1. The van der Waals surface area contributed by atoms with Crippen LogP contribution in [0.25, 0.3) is 0 Å². The molecule has 3 rings (SSSR count). The zero-order valence-electron chi connectivity index (χ0n) is 12.1. The molecule has 20 heavy (non-hydrogen) atoms. The largest absolute Gasteiger partial charge is 0.491 e. The number of aryl methyl sites for hydroxylation is 2. The van der Waals surface area contributed by atoms with Gasteiger partial charge in [-0.2, -0.15) is 0 Å². The lowest BCUT2D eigenvalue weighted by Gasteiger charge is -2.40. The Hall–Kier alpha value is -1.39. The number of Topliss-reactive ketones (excluding diaryl/α,β-unsaturated/α-hetero) is 1. The first-order valence-corrected chi connectivity index (χ1v) is 7.24. The van der Waals surface area contributed by atoms with Gasteiger partial charge >= 0.3 is 0 Å². The zero-order valence-corrected chi connectivity index (χ0v) is 12.1. The highest BCUT2D eigenvalue weighted by Crippen LogP contribution is 2.37. The first-order chi connectivity index (χ1) is 9.56. The van der Waals surface area contributed by atoms with E-state index in [9.17, 15) is 9.90 Å². The quantitative estimate of drug-likeness (QED) is 0.848. The number of benzene rings is 1. The third kappa shape index (κ3) is 2.34. The van der Waals surface area contributed by atoms with Crippen LogP contribution in [0.2, 0.25) is 0 Å². The predicted octanol–water partition coefficient (Wildman–Crippen LogP) is 1.76. The maximum atomic E-state index is 11.3. The summed E-state index contributed by atoms with van der Waals surface area (Å²) in [5.41, 5.74) is 3.13. The smallest absolute Gasteiger partial charge is 0.135 e. The molecule has 0 saturated carbocycles. The van der Waals surface area contributed by atoms with Crippen LogP contribution in [0.3, 0.4) is 0 Å². The van der Waals surface area contributed by atoms with Gasteiger partial charge in [-0.25, -0.2) is 0 Å². The molecule has 2 aliphatic heterocycles. The Morgan fingerprint density at radius 2 is 1.95 bits per heavy atom. The minimum atomic E-state index is -0.535. The number of carbonyl (C=O) groups excluding carboxylic acids is 1. The first-order valence-electron chi connectivity index (χ1n) is 7.24. The zero-order chi connectivity index (χ0) is 14.3. The van der Waals surface area contributed by atoms with Crippen LogP contribution in [0, 0.1) is 13.8 Å². The van der Waals surface area contributed by atoms with E-state index in [1.165, 1.54) is 0 Å². The molecule has 0 spiro atoms. The van der Waals surface area contributed by atoms with E-state index in [1.807, 2.05) is 19.9 Å². The van der Waals surface area contributed by atoms with Gasteiger partial charge in [-0.05, 0) is 31.0 Å². The average molecular weight is 275 g/mol. The lowest BCUT2D eigenvalue weighted by Crippen LogP contribution is -2.49. The van der Waals surface area contributed by atoms with Crippen LogP contribution in [-0.4, -0.2) is 41.5 Å². The van der Waals surface area contributed by atoms with Crippen molar-refractivity contribution in [1.29, 1.82) is 0 Å². The molecule has 2 atom stereocenters. The highest BCUT2D eigenvalue weighted by molar-refractivity contribution is 5.79. The maximum Gasteiger partial charge on any atom is 0.135 e. The summed E-state index contributed by atoms with van der Waals surface area (Å²) < 4.78 is 5.86. The molecular weight excluding hydrogens is 254 g/mol. The molecule has 1 aromatic rings. The second kappa shape index (κ2) is 5.19. The van der Waals surface area contributed by atoms with Crippen molar-refractivity contribution in [3.8, 4) is 5.75 Å². The third-order valence-electron chi connectivity index (χ3n) is 4.39. The van der Waals surface area contributed by atoms with Crippen molar-refractivity contribution in [3.05, 3.63) is 28.8 Å². The van der Waals surface area contributed by atoms with E-state index in [2.05, 4.69) is 11.0 Å². The van der Waals surface area contributed by atoms with Gasteiger partial charge in [0.15, 0.2) is 0 Å². The number of ether oxygens (including phenoxy) is 1. The van der Waals surface area contributed by atoms with Crippen LogP contribution in [0.4, 0.5) is 0 Å². The SMILES string of the molecule is Cc1cc(C)c2c(c1)OCC(N1CCC(=O)CC1)C2O. The molecule has 0 aliphatic carbocycles. The minimum absolute atomic E-state index is 0.0444. The molecule has 0 aromatic heterocycles. The Kier molecular flexibility index (Phi) is 3.52. The van der Waals surface area contributed by atoms with E-state index in [4.69, 9.17) is 4.74 Å². The van der Waals surface area contributed by atoms with E-state index in [1.54, 1.807) is 0 Å². The van der Waals surface area contributed by atoms with E-state index in [0.29, 0.717) is 25.2 Å². The number of nitrogens with zero attached hydrogens (tertiary/aromatic N) is 1. The fourth-order valence-corrected chi connectivity index (χ4v) is 3.31. The number of aliphatic hydroxyl groups is 1. The molecule has 108 valence electrons. The standard InChI is InChI=1S/C16H21NO3/c1-10-7-11(2)15-14(8-10)20-9-13(16(15)19)17-5-3-12(18)4-6-17/h7-8,13,16,19H,3-6,9H2,1-2H3. The molecule has 2 heterocycles. The number of aliphatic hydroxyl groups excluding tert-OH is 1. The molecule has 1 fully saturated rings. The van der Waals surface area contributed by atoms with Gasteiger partial charge in [0.1, 0.15) is 24.2 Å². The molecule has 2 unspecified atom stereocenters. The van der Waals surface area contributed by atoms with Crippen molar-refractivity contribution >= 4 is 5.78 Å². The molecule has 4 heteroatoms. The second-order valence-electron chi connectivity index (χ2n) is 5.89. The topological polar surface area (TPSA) is 49.8 Å². The van der Waals surface area contributed by atoms with Crippen molar-refractivity contribution in [1.82, 2.24) is 4.90 Å². The van der Waals surface area contributed by atoms with Crippen LogP contribution in [-0.2, 0) is 4.79 Å². The lowest BCUT2D eigenvalue weighted by atomic mass is 9.91. The molecule has 1 N–H and O–H groups in total. The third-order valence-corrected chi connectivity index (χ3v) is 4.39. The van der Waals surface area contributed by atoms with Crippen LogP contribution >= 0.6 is 0 Å². The maximum absolute atomic E-state index is 11.3. The van der Waals surface area contributed by atoms with Gasteiger partial charge in [0.25, 0.3) is 0 Å². The van der Waals surface area contributed by atoms with Crippen molar-refractivity contribution in [2.24, 2.45) is 0 Å². The van der Waals surface area contributed by atoms with Crippen molar-refractivity contribution in [2.45, 2.75) is 38.8 Å².